The number of likely N-dealkylation sites (tertiary alicyclic amines) is 1. The van der Waals surface area contributed by atoms with Gasteiger partial charge in [0.05, 0.1) is 26.6 Å². The molecule has 1 heterocycles. The fourth-order valence-corrected chi connectivity index (χ4v) is 4.12. The van der Waals surface area contributed by atoms with Gasteiger partial charge in [-0.15, -0.1) is 0 Å². The average Bonchev–Trinajstić information content (AvgIpc) is 3.25. The van der Waals surface area contributed by atoms with Crippen molar-refractivity contribution >= 4 is 11.8 Å². The van der Waals surface area contributed by atoms with Gasteiger partial charge in [-0.05, 0) is 30.2 Å². The van der Waals surface area contributed by atoms with Crippen LogP contribution in [0, 0.1) is 5.92 Å². The summed E-state index contributed by atoms with van der Waals surface area (Å²) in [6.07, 6.45) is 2.27. The third-order valence-electron chi connectivity index (χ3n) is 5.87. The lowest BCUT2D eigenvalue weighted by atomic mass is 9.87. The highest BCUT2D eigenvalue weighted by molar-refractivity contribution is 5.84. The van der Waals surface area contributed by atoms with Crippen molar-refractivity contribution in [3.05, 3.63) is 59.7 Å². The highest BCUT2D eigenvalue weighted by Crippen LogP contribution is 2.39. The first-order valence-electron chi connectivity index (χ1n) is 10.9. The Kier molecular flexibility index (Phi) is 7.93. The van der Waals surface area contributed by atoms with E-state index in [1.54, 1.807) is 19.1 Å². The quantitative estimate of drug-likeness (QED) is 0.627. The zero-order chi connectivity index (χ0) is 22.2. The van der Waals surface area contributed by atoms with Gasteiger partial charge in [0.1, 0.15) is 11.5 Å². The van der Waals surface area contributed by atoms with Gasteiger partial charge in [-0.25, -0.2) is 0 Å². The van der Waals surface area contributed by atoms with Crippen molar-refractivity contribution < 1.29 is 19.1 Å². The average molecular weight is 425 g/mol. The molecule has 2 aromatic rings. The molecule has 1 N–H and O–H groups in total. The third kappa shape index (κ3) is 5.57. The van der Waals surface area contributed by atoms with Crippen LogP contribution in [0.2, 0.25) is 0 Å². The van der Waals surface area contributed by atoms with E-state index in [4.69, 9.17) is 9.47 Å². The third-order valence-corrected chi connectivity index (χ3v) is 5.87. The van der Waals surface area contributed by atoms with E-state index >= 15 is 0 Å². The van der Waals surface area contributed by atoms with Crippen molar-refractivity contribution in [2.45, 2.75) is 32.1 Å². The number of carbonyl (C=O) groups excluding carboxylic acids is 2. The summed E-state index contributed by atoms with van der Waals surface area (Å²) >= 11 is 0. The normalized spacial score (nSPS) is 18.0. The zero-order valence-corrected chi connectivity index (χ0v) is 18.6. The maximum absolute atomic E-state index is 13.1. The lowest BCUT2D eigenvalue weighted by molar-refractivity contribution is -0.130. The molecule has 3 rings (SSSR count). The van der Waals surface area contributed by atoms with Crippen LogP contribution in [0.3, 0.4) is 0 Å². The van der Waals surface area contributed by atoms with E-state index in [2.05, 4.69) is 12.2 Å². The topological polar surface area (TPSA) is 67.9 Å². The van der Waals surface area contributed by atoms with E-state index in [1.165, 1.54) is 0 Å². The largest absolute Gasteiger partial charge is 0.497 e. The minimum Gasteiger partial charge on any atom is -0.497 e. The number of hydrogen-bond acceptors (Lipinski definition) is 4. The molecule has 0 aliphatic carbocycles. The summed E-state index contributed by atoms with van der Waals surface area (Å²) in [5, 5.41) is 3.05. The summed E-state index contributed by atoms with van der Waals surface area (Å²) in [5.74, 6) is 0.925. The molecule has 2 aromatic carbocycles. The van der Waals surface area contributed by atoms with Crippen LogP contribution in [0.15, 0.2) is 48.5 Å². The van der Waals surface area contributed by atoms with Crippen LogP contribution < -0.4 is 14.8 Å². The zero-order valence-electron chi connectivity index (χ0n) is 18.6. The fraction of sp³-hybridized carbons (Fsp3) is 0.440. The maximum atomic E-state index is 13.1. The first-order chi connectivity index (χ1) is 15.1. The molecule has 0 bridgehead atoms. The Bertz CT molecular complexity index is 884. The van der Waals surface area contributed by atoms with Crippen LogP contribution in [0.4, 0.5) is 0 Å². The molecule has 1 saturated heterocycles. The van der Waals surface area contributed by atoms with Gasteiger partial charge in [0, 0.05) is 31.1 Å². The summed E-state index contributed by atoms with van der Waals surface area (Å²) in [6, 6.07) is 15.3. The van der Waals surface area contributed by atoms with Gasteiger partial charge in [0.15, 0.2) is 0 Å². The van der Waals surface area contributed by atoms with Crippen LogP contribution in [-0.4, -0.2) is 50.6 Å². The fourth-order valence-electron chi connectivity index (χ4n) is 4.12. The van der Waals surface area contributed by atoms with Crippen LogP contribution >= 0.6 is 0 Å². The molecular weight excluding hydrogens is 392 g/mol. The van der Waals surface area contributed by atoms with Crippen LogP contribution in [-0.2, 0) is 16.0 Å². The lowest BCUT2D eigenvalue weighted by Crippen LogP contribution is -2.36. The Morgan fingerprint density at radius 3 is 2.52 bits per heavy atom. The van der Waals surface area contributed by atoms with E-state index in [0.29, 0.717) is 37.6 Å². The van der Waals surface area contributed by atoms with Gasteiger partial charge in [0.2, 0.25) is 11.8 Å². The number of ether oxygens (including phenoxy) is 2. The van der Waals surface area contributed by atoms with Crippen molar-refractivity contribution in [2.75, 3.05) is 33.9 Å². The van der Waals surface area contributed by atoms with Gasteiger partial charge in [-0.1, -0.05) is 43.7 Å². The highest BCUT2D eigenvalue weighted by Gasteiger charge is 2.41. The second-order valence-electron chi connectivity index (χ2n) is 7.93. The van der Waals surface area contributed by atoms with E-state index < -0.39 is 0 Å². The first-order valence-corrected chi connectivity index (χ1v) is 10.9. The molecular formula is C25H32N2O4. The molecule has 1 aliphatic rings. The molecule has 0 spiro atoms. The summed E-state index contributed by atoms with van der Waals surface area (Å²) in [4.78, 5) is 27.9. The Morgan fingerprint density at radius 1 is 1.06 bits per heavy atom. The molecule has 6 nitrogen and oxygen atoms in total. The number of unbranched alkanes of at least 4 members (excludes halogenated alkanes) is 1. The van der Waals surface area contributed by atoms with Crippen LogP contribution in [0.1, 0.15) is 36.8 Å². The lowest BCUT2D eigenvalue weighted by Gasteiger charge is -2.21. The second kappa shape index (κ2) is 10.8. The molecule has 0 unspecified atom stereocenters. The molecule has 2 amide bonds. The van der Waals surface area contributed by atoms with Gasteiger partial charge in [0.25, 0.3) is 0 Å². The summed E-state index contributed by atoms with van der Waals surface area (Å²) in [5.41, 5.74) is 1.87. The predicted molar refractivity (Wildman–Crippen MR) is 120 cm³/mol. The van der Waals surface area contributed by atoms with Crippen molar-refractivity contribution in [3.63, 3.8) is 0 Å². The summed E-state index contributed by atoms with van der Waals surface area (Å²) < 4.78 is 11.0. The first kappa shape index (κ1) is 22.7. The summed E-state index contributed by atoms with van der Waals surface area (Å²) in [7, 11) is 3.24. The Balaban J connectivity index is 1.85. The molecule has 6 heteroatoms. The van der Waals surface area contributed by atoms with E-state index in [9.17, 15) is 9.59 Å². The molecule has 1 fully saturated rings. The molecule has 0 radical (unpaired) electrons. The number of benzene rings is 2. The predicted octanol–water partition coefficient (Wildman–Crippen LogP) is 3.40. The van der Waals surface area contributed by atoms with Crippen molar-refractivity contribution in [2.24, 2.45) is 5.92 Å². The highest BCUT2D eigenvalue weighted by atomic mass is 16.5. The minimum atomic E-state index is -0.336. The summed E-state index contributed by atoms with van der Waals surface area (Å²) in [6.45, 7) is 3.61. The molecule has 2 atom stereocenters. The SMILES string of the molecule is CCCCNC(=O)[C@H]1CN(C(=O)Cc2ccccc2)C[C@@H]1c1cc(OC)ccc1OC. The van der Waals surface area contributed by atoms with Gasteiger partial charge in [-0.2, -0.15) is 0 Å². The van der Waals surface area contributed by atoms with E-state index in [-0.39, 0.29) is 23.7 Å². The second-order valence-corrected chi connectivity index (χ2v) is 7.93. The van der Waals surface area contributed by atoms with Gasteiger partial charge in [-0.3, -0.25) is 9.59 Å². The number of nitrogens with zero attached hydrogens (tertiary/aromatic N) is 1. The molecule has 166 valence electrons. The Morgan fingerprint density at radius 2 is 1.84 bits per heavy atom. The van der Waals surface area contributed by atoms with Crippen molar-refractivity contribution in [3.8, 4) is 11.5 Å². The number of methoxy groups -OCH3 is 2. The number of hydrogen-bond donors (Lipinski definition) is 1. The van der Waals surface area contributed by atoms with E-state index in [0.717, 1.165) is 24.0 Å². The number of rotatable bonds is 9. The smallest absolute Gasteiger partial charge is 0.227 e. The van der Waals surface area contributed by atoms with Crippen molar-refractivity contribution in [1.29, 1.82) is 0 Å². The molecule has 0 saturated carbocycles. The molecule has 1 aliphatic heterocycles. The number of carbonyl (C=O) groups is 2. The number of amides is 2. The molecule has 0 aromatic heterocycles. The number of nitrogens with one attached hydrogen (secondary N) is 1. The van der Waals surface area contributed by atoms with Gasteiger partial charge < -0.3 is 19.7 Å². The molecule has 31 heavy (non-hydrogen) atoms. The monoisotopic (exact) mass is 424 g/mol. The Hall–Kier alpha value is -3.02. The maximum Gasteiger partial charge on any atom is 0.227 e. The van der Waals surface area contributed by atoms with Crippen LogP contribution in [0.5, 0.6) is 11.5 Å². The standard InChI is InChI=1S/C25H32N2O4/c1-4-5-13-26-25(29)22-17-27(24(28)14-18-9-7-6-8-10-18)16-21(22)20-15-19(30-2)11-12-23(20)31-3/h6-12,15,21-22H,4-5,13-14,16-17H2,1-3H3,(H,26,29)/t21-,22+/m1/s1. The van der Waals surface area contributed by atoms with Crippen molar-refractivity contribution in [1.82, 2.24) is 10.2 Å². The van der Waals surface area contributed by atoms with E-state index in [1.807, 2.05) is 48.5 Å². The minimum absolute atomic E-state index is 0.0154. The van der Waals surface area contributed by atoms with Gasteiger partial charge >= 0.3 is 0 Å². The Labute approximate surface area is 184 Å². The van der Waals surface area contributed by atoms with Crippen LogP contribution in [0.25, 0.3) is 0 Å².